The zero-order chi connectivity index (χ0) is 13.1. The summed E-state index contributed by atoms with van der Waals surface area (Å²) in [6, 6.07) is 10.5. The van der Waals surface area contributed by atoms with Crippen molar-refractivity contribution in [2.45, 2.75) is 19.5 Å². The summed E-state index contributed by atoms with van der Waals surface area (Å²) in [5.74, 6) is 0. The van der Waals surface area contributed by atoms with Crippen molar-refractivity contribution in [3.8, 4) is 0 Å². The van der Waals surface area contributed by atoms with E-state index < -0.39 is 0 Å². The fraction of sp³-hybridized carbons (Fsp3) is 0.267. The average Bonchev–Trinajstić information content (AvgIpc) is 3.06. The quantitative estimate of drug-likeness (QED) is 0.757. The molecule has 4 heteroatoms. The van der Waals surface area contributed by atoms with Crippen molar-refractivity contribution >= 4 is 10.9 Å². The summed E-state index contributed by atoms with van der Waals surface area (Å²) >= 11 is 0. The number of aryl methyl sites for hydroxylation is 2. The van der Waals surface area contributed by atoms with Crippen LogP contribution >= 0.6 is 0 Å². The second kappa shape index (κ2) is 5.28. The number of aromatic nitrogens is 3. The summed E-state index contributed by atoms with van der Waals surface area (Å²) in [5, 5.41) is 5.55. The Morgan fingerprint density at radius 2 is 2.00 bits per heavy atom. The zero-order valence-electron chi connectivity index (χ0n) is 10.9. The second-order valence-corrected chi connectivity index (χ2v) is 4.67. The predicted molar refractivity (Wildman–Crippen MR) is 76.9 cm³/mol. The van der Waals surface area contributed by atoms with Gasteiger partial charge in [-0.05, 0) is 30.7 Å². The third-order valence-corrected chi connectivity index (χ3v) is 3.41. The minimum absolute atomic E-state index is 0.688. The van der Waals surface area contributed by atoms with Crippen molar-refractivity contribution < 1.29 is 0 Å². The molecule has 3 rings (SSSR count). The average molecular weight is 254 g/mol. The van der Waals surface area contributed by atoms with E-state index in [-0.39, 0.29) is 0 Å². The van der Waals surface area contributed by atoms with Crippen LogP contribution in [0, 0.1) is 0 Å². The molecule has 4 nitrogen and oxygen atoms in total. The molecule has 2 heterocycles. The SMILES string of the molecule is NCCc1cn(CCn2cccn2)c2ccccc12. The van der Waals surface area contributed by atoms with Gasteiger partial charge in [0.1, 0.15) is 0 Å². The molecular formula is C15H18N4. The van der Waals surface area contributed by atoms with Crippen LogP contribution < -0.4 is 5.73 Å². The highest BCUT2D eigenvalue weighted by Crippen LogP contribution is 2.21. The number of fused-ring (bicyclic) bond motifs is 1. The van der Waals surface area contributed by atoms with Gasteiger partial charge in [0.2, 0.25) is 0 Å². The molecule has 0 amide bonds. The van der Waals surface area contributed by atoms with Crippen LogP contribution in [0.15, 0.2) is 48.9 Å². The van der Waals surface area contributed by atoms with E-state index in [1.54, 1.807) is 0 Å². The maximum absolute atomic E-state index is 5.69. The lowest BCUT2D eigenvalue weighted by molar-refractivity contribution is 0.542. The molecule has 0 atom stereocenters. The zero-order valence-corrected chi connectivity index (χ0v) is 10.9. The largest absolute Gasteiger partial charge is 0.345 e. The van der Waals surface area contributed by atoms with E-state index in [9.17, 15) is 0 Å². The molecule has 0 fully saturated rings. The molecule has 0 spiro atoms. The normalized spacial score (nSPS) is 11.2. The van der Waals surface area contributed by atoms with E-state index in [0.29, 0.717) is 6.54 Å². The maximum Gasteiger partial charge on any atom is 0.0588 e. The van der Waals surface area contributed by atoms with E-state index in [0.717, 1.165) is 19.5 Å². The van der Waals surface area contributed by atoms with Crippen LogP contribution in [0.5, 0.6) is 0 Å². The lowest BCUT2D eigenvalue weighted by atomic mass is 10.1. The van der Waals surface area contributed by atoms with E-state index in [1.165, 1.54) is 16.5 Å². The summed E-state index contributed by atoms with van der Waals surface area (Å²) in [4.78, 5) is 0. The molecule has 19 heavy (non-hydrogen) atoms. The maximum atomic E-state index is 5.69. The third-order valence-electron chi connectivity index (χ3n) is 3.41. The smallest absolute Gasteiger partial charge is 0.0588 e. The minimum Gasteiger partial charge on any atom is -0.345 e. The predicted octanol–water partition coefficient (Wildman–Crippen LogP) is 2.04. The summed E-state index contributed by atoms with van der Waals surface area (Å²) in [6.45, 7) is 2.49. The first-order valence-electron chi connectivity index (χ1n) is 6.63. The molecule has 2 aromatic heterocycles. The van der Waals surface area contributed by atoms with Crippen molar-refractivity contribution in [2.24, 2.45) is 5.73 Å². The number of nitrogens with zero attached hydrogens (tertiary/aromatic N) is 3. The Kier molecular flexibility index (Phi) is 3.33. The molecule has 98 valence electrons. The highest BCUT2D eigenvalue weighted by molar-refractivity contribution is 5.84. The van der Waals surface area contributed by atoms with Crippen molar-refractivity contribution in [3.05, 3.63) is 54.5 Å². The lowest BCUT2D eigenvalue weighted by Gasteiger charge is -2.05. The van der Waals surface area contributed by atoms with Gasteiger partial charge in [0.15, 0.2) is 0 Å². The standard InChI is InChI=1S/C15H18N4/c16-7-6-13-12-18(10-11-19-9-3-8-17-19)15-5-2-1-4-14(13)15/h1-5,8-9,12H,6-7,10-11,16H2. The summed E-state index contributed by atoms with van der Waals surface area (Å²) in [6.07, 6.45) is 6.95. The molecule has 0 radical (unpaired) electrons. The van der Waals surface area contributed by atoms with Crippen LogP contribution in [0.1, 0.15) is 5.56 Å². The fourth-order valence-electron chi connectivity index (χ4n) is 2.51. The Morgan fingerprint density at radius 1 is 1.11 bits per heavy atom. The van der Waals surface area contributed by atoms with Gasteiger partial charge in [0, 0.05) is 36.0 Å². The van der Waals surface area contributed by atoms with Gasteiger partial charge in [-0.3, -0.25) is 4.68 Å². The molecular weight excluding hydrogens is 236 g/mol. The van der Waals surface area contributed by atoms with Gasteiger partial charge >= 0.3 is 0 Å². The van der Waals surface area contributed by atoms with Crippen LogP contribution in [-0.4, -0.2) is 20.9 Å². The third kappa shape index (κ3) is 2.39. The number of hydrogen-bond acceptors (Lipinski definition) is 2. The molecule has 1 aromatic carbocycles. The fourth-order valence-corrected chi connectivity index (χ4v) is 2.51. The molecule has 0 aliphatic carbocycles. The molecule has 3 aromatic rings. The highest BCUT2D eigenvalue weighted by Gasteiger charge is 2.07. The Hall–Kier alpha value is -2.07. The summed E-state index contributed by atoms with van der Waals surface area (Å²) in [7, 11) is 0. The first kappa shape index (κ1) is 12.0. The summed E-state index contributed by atoms with van der Waals surface area (Å²) < 4.78 is 4.25. The molecule has 0 aliphatic rings. The molecule has 0 unspecified atom stereocenters. The van der Waals surface area contributed by atoms with Crippen LogP contribution in [0.4, 0.5) is 0 Å². The van der Waals surface area contributed by atoms with Gasteiger partial charge in [-0.25, -0.2) is 0 Å². The lowest BCUT2D eigenvalue weighted by Crippen LogP contribution is -2.07. The Balaban J connectivity index is 1.90. The second-order valence-electron chi connectivity index (χ2n) is 4.67. The van der Waals surface area contributed by atoms with Crippen LogP contribution in [-0.2, 0) is 19.5 Å². The van der Waals surface area contributed by atoms with E-state index in [4.69, 9.17) is 5.73 Å². The van der Waals surface area contributed by atoms with Crippen molar-refractivity contribution in [1.29, 1.82) is 0 Å². The molecule has 0 saturated carbocycles. The van der Waals surface area contributed by atoms with Crippen molar-refractivity contribution in [2.75, 3.05) is 6.54 Å². The van der Waals surface area contributed by atoms with Gasteiger partial charge in [-0.1, -0.05) is 18.2 Å². The van der Waals surface area contributed by atoms with E-state index >= 15 is 0 Å². The molecule has 0 saturated heterocycles. The Morgan fingerprint density at radius 3 is 2.79 bits per heavy atom. The van der Waals surface area contributed by atoms with E-state index in [2.05, 4.69) is 40.1 Å². The van der Waals surface area contributed by atoms with E-state index in [1.807, 2.05) is 23.1 Å². The number of rotatable bonds is 5. The number of para-hydroxylation sites is 1. The highest BCUT2D eigenvalue weighted by atomic mass is 15.3. The van der Waals surface area contributed by atoms with Gasteiger partial charge in [0.05, 0.1) is 6.54 Å². The van der Waals surface area contributed by atoms with Crippen LogP contribution in [0.2, 0.25) is 0 Å². The molecule has 0 bridgehead atoms. The van der Waals surface area contributed by atoms with Gasteiger partial charge in [-0.2, -0.15) is 5.10 Å². The monoisotopic (exact) mass is 254 g/mol. The Bertz CT molecular complexity index is 652. The van der Waals surface area contributed by atoms with Gasteiger partial charge in [-0.15, -0.1) is 0 Å². The minimum atomic E-state index is 0.688. The van der Waals surface area contributed by atoms with Crippen LogP contribution in [0.25, 0.3) is 10.9 Å². The number of hydrogen-bond donors (Lipinski definition) is 1. The van der Waals surface area contributed by atoms with Crippen LogP contribution in [0.3, 0.4) is 0 Å². The van der Waals surface area contributed by atoms with Gasteiger partial charge < -0.3 is 10.3 Å². The van der Waals surface area contributed by atoms with Gasteiger partial charge in [0.25, 0.3) is 0 Å². The number of benzene rings is 1. The number of nitrogens with two attached hydrogens (primary N) is 1. The van der Waals surface area contributed by atoms with Crippen molar-refractivity contribution in [3.63, 3.8) is 0 Å². The van der Waals surface area contributed by atoms with Crippen molar-refractivity contribution in [1.82, 2.24) is 14.3 Å². The Labute approximate surface area is 112 Å². The first-order chi connectivity index (χ1) is 9.38. The molecule has 2 N–H and O–H groups in total. The summed E-state index contributed by atoms with van der Waals surface area (Å²) in [5.41, 5.74) is 8.30. The topological polar surface area (TPSA) is 48.8 Å². The first-order valence-corrected chi connectivity index (χ1v) is 6.63. The molecule has 0 aliphatic heterocycles.